The predicted octanol–water partition coefficient (Wildman–Crippen LogP) is 3.83. The molecule has 2 rings (SSSR count). The highest BCUT2D eigenvalue weighted by atomic mass is 16.5. The van der Waals surface area contributed by atoms with Gasteiger partial charge in [0.25, 0.3) is 0 Å². The van der Waals surface area contributed by atoms with Gasteiger partial charge in [-0.1, -0.05) is 29.8 Å². The van der Waals surface area contributed by atoms with Crippen LogP contribution in [-0.2, 0) is 11.2 Å². The van der Waals surface area contributed by atoms with Crippen LogP contribution >= 0.6 is 0 Å². The van der Waals surface area contributed by atoms with Gasteiger partial charge in [-0.2, -0.15) is 0 Å². The number of benzene rings is 2. The van der Waals surface area contributed by atoms with Crippen molar-refractivity contribution in [2.45, 2.75) is 39.7 Å². The van der Waals surface area contributed by atoms with E-state index in [4.69, 9.17) is 9.47 Å². The minimum absolute atomic E-state index is 0.0356. The summed E-state index contributed by atoms with van der Waals surface area (Å²) in [5, 5.41) is 2.98. The quantitative estimate of drug-likeness (QED) is 0.794. The monoisotopic (exact) mass is 341 g/mol. The summed E-state index contributed by atoms with van der Waals surface area (Å²) in [4.78, 5) is 12.1. The Morgan fingerprint density at radius 2 is 1.84 bits per heavy atom. The number of methoxy groups -OCH3 is 1. The van der Waals surface area contributed by atoms with Crippen LogP contribution in [-0.4, -0.2) is 25.7 Å². The molecule has 4 nitrogen and oxygen atoms in total. The van der Waals surface area contributed by atoms with Crippen LogP contribution in [0.5, 0.6) is 11.5 Å². The van der Waals surface area contributed by atoms with Crippen LogP contribution in [0.4, 0.5) is 0 Å². The molecule has 0 saturated carbocycles. The first kappa shape index (κ1) is 18.8. The second-order valence-corrected chi connectivity index (χ2v) is 6.40. The standard InChI is InChI=1S/C21H27NO3/c1-15-5-9-19(10-6-15)25-14-17(3)22-21(23)12-8-18-7-11-20(24-4)16(2)13-18/h5-7,9-11,13,17H,8,12,14H2,1-4H3,(H,22,23). The fourth-order valence-electron chi connectivity index (χ4n) is 2.60. The first-order valence-corrected chi connectivity index (χ1v) is 8.60. The number of ether oxygens (including phenoxy) is 2. The molecule has 1 N–H and O–H groups in total. The van der Waals surface area contributed by atoms with Gasteiger partial charge in [0.15, 0.2) is 0 Å². The van der Waals surface area contributed by atoms with Crippen molar-refractivity contribution in [3.63, 3.8) is 0 Å². The molecular formula is C21H27NO3. The molecule has 0 bridgehead atoms. The van der Waals surface area contributed by atoms with Crippen LogP contribution in [0, 0.1) is 13.8 Å². The van der Waals surface area contributed by atoms with Crippen LogP contribution in [0.15, 0.2) is 42.5 Å². The van der Waals surface area contributed by atoms with Gasteiger partial charge in [-0.15, -0.1) is 0 Å². The molecule has 0 heterocycles. The lowest BCUT2D eigenvalue weighted by atomic mass is 10.1. The highest BCUT2D eigenvalue weighted by Crippen LogP contribution is 2.19. The van der Waals surface area contributed by atoms with E-state index in [0.717, 1.165) is 22.6 Å². The maximum Gasteiger partial charge on any atom is 0.220 e. The van der Waals surface area contributed by atoms with Gasteiger partial charge in [-0.3, -0.25) is 4.79 Å². The molecule has 1 unspecified atom stereocenters. The Bertz CT molecular complexity index is 695. The summed E-state index contributed by atoms with van der Waals surface area (Å²) in [6, 6.07) is 13.9. The number of aryl methyl sites for hydroxylation is 3. The second-order valence-electron chi connectivity index (χ2n) is 6.40. The molecule has 4 heteroatoms. The molecule has 0 aliphatic rings. The van der Waals surface area contributed by atoms with E-state index >= 15 is 0 Å². The van der Waals surface area contributed by atoms with E-state index in [1.165, 1.54) is 5.56 Å². The predicted molar refractivity (Wildman–Crippen MR) is 100 cm³/mol. The van der Waals surface area contributed by atoms with Gasteiger partial charge < -0.3 is 14.8 Å². The normalized spacial score (nSPS) is 11.7. The highest BCUT2D eigenvalue weighted by molar-refractivity contribution is 5.76. The molecule has 0 saturated heterocycles. The Labute approximate surface area is 150 Å². The molecule has 1 atom stereocenters. The number of carbonyl (C=O) groups is 1. The fourth-order valence-corrected chi connectivity index (χ4v) is 2.60. The molecule has 25 heavy (non-hydrogen) atoms. The van der Waals surface area contributed by atoms with Crippen molar-refractivity contribution in [1.82, 2.24) is 5.32 Å². The Kier molecular flexibility index (Phi) is 6.87. The van der Waals surface area contributed by atoms with E-state index in [2.05, 4.69) is 11.4 Å². The van der Waals surface area contributed by atoms with Crippen LogP contribution < -0.4 is 14.8 Å². The van der Waals surface area contributed by atoms with Gasteiger partial charge in [0, 0.05) is 6.42 Å². The van der Waals surface area contributed by atoms with Gasteiger partial charge >= 0.3 is 0 Å². The molecule has 2 aromatic carbocycles. The van der Waals surface area contributed by atoms with Crippen LogP contribution in [0.1, 0.15) is 30.0 Å². The van der Waals surface area contributed by atoms with Crippen molar-refractivity contribution < 1.29 is 14.3 Å². The van der Waals surface area contributed by atoms with Gasteiger partial charge in [0.1, 0.15) is 18.1 Å². The first-order valence-electron chi connectivity index (χ1n) is 8.60. The Morgan fingerprint density at radius 3 is 2.48 bits per heavy atom. The van der Waals surface area contributed by atoms with Crippen molar-refractivity contribution in [1.29, 1.82) is 0 Å². The minimum atomic E-state index is -0.0357. The van der Waals surface area contributed by atoms with E-state index in [1.807, 2.05) is 57.2 Å². The summed E-state index contributed by atoms with van der Waals surface area (Å²) in [5.74, 6) is 1.73. The summed E-state index contributed by atoms with van der Waals surface area (Å²) < 4.78 is 11.0. The Balaban J connectivity index is 1.73. The highest BCUT2D eigenvalue weighted by Gasteiger charge is 2.09. The molecular weight excluding hydrogens is 314 g/mol. The lowest BCUT2D eigenvalue weighted by molar-refractivity contribution is -0.121. The molecule has 0 aliphatic heterocycles. The average molecular weight is 341 g/mol. The summed E-state index contributed by atoms with van der Waals surface area (Å²) in [6.45, 7) is 6.45. The zero-order valence-corrected chi connectivity index (χ0v) is 15.5. The molecule has 2 aromatic rings. The summed E-state index contributed by atoms with van der Waals surface area (Å²) in [5.41, 5.74) is 3.42. The number of nitrogens with one attached hydrogen (secondary N) is 1. The summed E-state index contributed by atoms with van der Waals surface area (Å²) in [6.07, 6.45) is 1.17. The zero-order valence-electron chi connectivity index (χ0n) is 15.5. The van der Waals surface area contributed by atoms with Gasteiger partial charge in [0.05, 0.1) is 13.2 Å². The second kappa shape index (κ2) is 9.11. The SMILES string of the molecule is COc1ccc(CCC(=O)NC(C)COc2ccc(C)cc2)cc1C. The largest absolute Gasteiger partial charge is 0.496 e. The molecule has 0 aromatic heterocycles. The maximum atomic E-state index is 12.1. The average Bonchev–Trinajstić information content (AvgIpc) is 2.59. The van der Waals surface area contributed by atoms with E-state index in [9.17, 15) is 4.79 Å². The third-order valence-electron chi connectivity index (χ3n) is 4.03. The minimum Gasteiger partial charge on any atom is -0.496 e. The van der Waals surface area contributed by atoms with Crippen molar-refractivity contribution in [2.75, 3.05) is 13.7 Å². The Hall–Kier alpha value is -2.49. The number of hydrogen-bond acceptors (Lipinski definition) is 3. The summed E-state index contributed by atoms with van der Waals surface area (Å²) in [7, 11) is 1.66. The van der Waals surface area contributed by atoms with Crippen molar-refractivity contribution in [3.8, 4) is 11.5 Å². The van der Waals surface area contributed by atoms with Crippen LogP contribution in [0.3, 0.4) is 0 Å². The first-order chi connectivity index (χ1) is 12.0. The third-order valence-corrected chi connectivity index (χ3v) is 4.03. The lowest BCUT2D eigenvalue weighted by Gasteiger charge is -2.15. The van der Waals surface area contributed by atoms with Gasteiger partial charge in [-0.05, 0) is 56.5 Å². The van der Waals surface area contributed by atoms with Gasteiger partial charge in [-0.25, -0.2) is 0 Å². The molecule has 0 fully saturated rings. The summed E-state index contributed by atoms with van der Waals surface area (Å²) >= 11 is 0. The van der Waals surface area contributed by atoms with E-state index in [1.54, 1.807) is 7.11 Å². The van der Waals surface area contributed by atoms with E-state index in [-0.39, 0.29) is 11.9 Å². The Morgan fingerprint density at radius 1 is 1.12 bits per heavy atom. The molecule has 0 radical (unpaired) electrons. The number of carbonyl (C=O) groups excluding carboxylic acids is 1. The zero-order chi connectivity index (χ0) is 18.2. The number of rotatable bonds is 8. The topological polar surface area (TPSA) is 47.6 Å². The van der Waals surface area contributed by atoms with Gasteiger partial charge in [0.2, 0.25) is 5.91 Å². The maximum absolute atomic E-state index is 12.1. The smallest absolute Gasteiger partial charge is 0.220 e. The number of amides is 1. The lowest BCUT2D eigenvalue weighted by Crippen LogP contribution is -2.36. The molecule has 134 valence electrons. The molecule has 1 amide bonds. The van der Waals surface area contributed by atoms with Crippen LogP contribution in [0.25, 0.3) is 0 Å². The number of hydrogen-bond donors (Lipinski definition) is 1. The van der Waals surface area contributed by atoms with Crippen molar-refractivity contribution >= 4 is 5.91 Å². The van der Waals surface area contributed by atoms with Crippen molar-refractivity contribution in [2.24, 2.45) is 0 Å². The molecule has 0 spiro atoms. The molecule has 0 aliphatic carbocycles. The van der Waals surface area contributed by atoms with E-state index in [0.29, 0.717) is 19.4 Å². The fraction of sp³-hybridized carbons (Fsp3) is 0.381. The van der Waals surface area contributed by atoms with Crippen LogP contribution in [0.2, 0.25) is 0 Å². The third kappa shape index (κ3) is 6.14. The van der Waals surface area contributed by atoms with Crippen molar-refractivity contribution in [3.05, 3.63) is 59.2 Å². The van der Waals surface area contributed by atoms with E-state index < -0.39 is 0 Å².